The summed E-state index contributed by atoms with van der Waals surface area (Å²) in [6, 6.07) is 16.7. The lowest BCUT2D eigenvalue weighted by Gasteiger charge is -2.08. The second-order valence-electron chi connectivity index (χ2n) is 6.00. The van der Waals surface area contributed by atoms with E-state index in [4.69, 9.17) is 4.74 Å². The quantitative estimate of drug-likeness (QED) is 0.660. The Hall–Kier alpha value is -3.25. The zero-order chi connectivity index (χ0) is 19.1. The van der Waals surface area contributed by atoms with Crippen molar-refractivity contribution in [2.24, 2.45) is 0 Å². The molecule has 0 saturated carbocycles. The highest BCUT2D eigenvalue weighted by Crippen LogP contribution is 2.16. The Balaban J connectivity index is 1.53. The van der Waals surface area contributed by atoms with Crippen LogP contribution in [0.25, 0.3) is 10.9 Å². The molecule has 2 N–H and O–H groups in total. The molecule has 138 valence electrons. The number of pyridine rings is 1. The summed E-state index contributed by atoms with van der Waals surface area (Å²) >= 11 is 0. The van der Waals surface area contributed by atoms with Crippen molar-refractivity contribution in [3.05, 3.63) is 71.9 Å². The Kier molecular flexibility index (Phi) is 6.12. The first-order chi connectivity index (χ1) is 13.2. The van der Waals surface area contributed by atoms with E-state index in [1.54, 1.807) is 24.4 Å². The minimum Gasteiger partial charge on any atom is -0.377 e. The van der Waals surface area contributed by atoms with Crippen molar-refractivity contribution >= 4 is 28.4 Å². The summed E-state index contributed by atoms with van der Waals surface area (Å²) in [6.45, 7) is 3.46. The van der Waals surface area contributed by atoms with Crippen LogP contribution in [-0.4, -0.2) is 23.4 Å². The Bertz CT molecular complexity index is 939. The molecule has 6 nitrogen and oxygen atoms in total. The van der Waals surface area contributed by atoms with Gasteiger partial charge in [-0.05, 0) is 42.3 Å². The normalized spacial score (nSPS) is 10.6. The molecule has 27 heavy (non-hydrogen) atoms. The minimum absolute atomic E-state index is 0.281. The molecule has 2 amide bonds. The molecule has 0 spiro atoms. The van der Waals surface area contributed by atoms with Crippen LogP contribution in [0.15, 0.2) is 60.8 Å². The van der Waals surface area contributed by atoms with Crippen LogP contribution in [0.5, 0.6) is 0 Å². The number of fused-ring (bicyclic) bond motifs is 1. The molecule has 0 unspecified atom stereocenters. The fraction of sp³-hybridized carbons (Fsp3) is 0.190. The number of nitrogens with zero attached hydrogens (tertiary/aromatic N) is 1. The zero-order valence-electron chi connectivity index (χ0n) is 15.1. The highest BCUT2D eigenvalue weighted by molar-refractivity contribution is 6.39. The van der Waals surface area contributed by atoms with E-state index in [2.05, 4.69) is 15.6 Å². The summed E-state index contributed by atoms with van der Waals surface area (Å²) in [7, 11) is 0. The number of amides is 2. The molecule has 0 atom stereocenters. The van der Waals surface area contributed by atoms with E-state index in [1.807, 2.05) is 43.3 Å². The van der Waals surface area contributed by atoms with Gasteiger partial charge in [0.25, 0.3) is 0 Å². The molecule has 3 rings (SSSR count). The Labute approximate surface area is 157 Å². The van der Waals surface area contributed by atoms with Gasteiger partial charge in [0.2, 0.25) is 0 Å². The summed E-state index contributed by atoms with van der Waals surface area (Å²) < 4.78 is 5.35. The van der Waals surface area contributed by atoms with Crippen molar-refractivity contribution in [1.82, 2.24) is 10.3 Å². The van der Waals surface area contributed by atoms with Gasteiger partial charge in [-0.2, -0.15) is 0 Å². The van der Waals surface area contributed by atoms with Crippen LogP contribution < -0.4 is 10.6 Å². The van der Waals surface area contributed by atoms with Crippen LogP contribution in [0.1, 0.15) is 18.1 Å². The monoisotopic (exact) mass is 363 g/mol. The Morgan fingerprint density at radius 1 is 1.00 bits per heavy atom. The molecule has 0 aliphatic heterocycles. The maximum absolute atomic E-state index is 12.1. The predicted molar refractivity (Wildman–Crippen MR) is 104 cm³/mol. The van der Waals surface area contributed by atoms with Crippen LogP contribution in [0.4, 0.5) is 5.69 Å². The number of hydrogen-bond acceptors (Lipinski definition) is 4. The van der Waals surface area contributed by atoms with Crippen LogP contribution in [0.2, 0.25) is 0 Å². The average Bonchev–Trinajstić information content (AvgIpc) is 2.71. The van der Waals surface area contributed by atoms with Gasteiger partial charge in [0.15, 0.2) is 0 Å². The van der Waals surface area contributed by atoms with Gasteiger partial charge in [0.05, 0.1) is 12.1 Å². The van der Waals surface area contributed by atoms with Gasteiger partial charge in [-0.15, -0.1) is 0 Å². The first kappa shape index (κ1) is 18.5. The third-order valence-electron chi connectivity index (χ3n) is 4.02. The van der Waals surface area contributed by atoms with Gasteiger partial charge in [0.1, 0.15) is 0 Å². The van der Waals surface area contributed by atoms with Crippen molar-refractivity contribution in [3.63, 3.8) is 0 Å². The van der Waals surface area contributed by atoms with E-state index in [1.165, 1.54) is 0 Å². The van der Waals surface area contributed by atoms with Crippen LogP contribution in [-0.2, 0) is 27.5 Å². The molecular weight excluding hydrogens is 342 g/mol. The standard InChI is InChI=1S/C21H21N3O3/c1-2-27-14-16-7-5-15(6-8-16)13-23-20(25)21(26)24-18-9-10-19-17(12-18)4-3-11-22-19/h3-12H,2,13-14H2,1H3,(H,23,25)(H,24,26). The molecule has 1 heterocycles. The fourth-order valence-corrected chi connectivity index (χ4v) is 2.58. The maximum atomic E-state index is 12.1. The second kappa shape index (κ2) is 8.91. The number of aromatic nitrogens is 1. The van der Waals surface area contributed by atoms with E-state index in [9.17, 15) is 9.59 Å². The molecule has 0 aliphatic rings. The summed E-state index contributed by atoms with van der Waals surface area (Å²) in [5.41, 5.74) is 3.35. The van der Waals surface area contributed by atoms with Gasteiger partial charge >= 0.3 is 11.8 Å². The third kappa shape index (κ3) is 5.12. The molecule has 0 saturated heterocycles. The van der Waals surface area contributed by atoms with Crippen LogP contribution in [0, 0.1) is 0 Å². The Morgan fingerprint density at radius 3 is 2.56 bits per heavy atom. The molecule has 6 heteroatoms. The first-order valence-corrected chi connectivity index (χ1v) is 8.75. The zero-order valence-corrected chi connectivity index (χ0v) is 15.1. The van der Waals surface area contributed by atoms with Gasteiger partial charge in [0, 0.05) is 30.4 Å². The van der Waals surface area contributed by atoms with E-state index in [0.717, 1.165) is 22.0 Å². The number of nitrogens with one attached hydrogen (secondary N) is 2. The summed E-state index contributed by atoms with van der Waals surface area (Å²) in [6.07, 6.45) is 1.71. The van der Waals surface area contributed by atoms with Crippen molar-refractivity contribution in [3.8, 4) is 0 Å². The van der Waals surface area contributed by atoms with Crippen molar-refractivity contribution in [2.45, 2.75) is 20.1 Å². The lowest BCUT2D eigenvalue weighted by atomic mass is 10.1. The fourth-order valence-electron chi connectivity index (χ4n) is 2.58. The van der Waals surface area contributed by atoms with Gasteiger partial charge in [-0.1, -0.05) is 30.3 Å². The van der Waals surface area contributed by atoms with E-state index >= 15 is 0 Å². The predicted octanol–water partition coefficient (Wildman–Crippen LogP) is 3.03. The highest BCUT2D eigenvalue weighted by atomic mass is 16.5. The number of ether oxygens (including phenoxy) is 1. The molecule has 0 aliphatic carbocycles. The maximum Gasteiger partial charge on any atom is 0.313 e. The Morgan fingerprint density at radius 2 is 1.78 bits per heavy atom. The number of carbonyl (C=O) groups is 2. The van der Waals surface area contributed by atoms with Crippen molar-refractivity contribution in [1.29, 1.82) is 0 Å². The molecule has 1 aromatic heterocycles. The topological polar surface area (TPSA) is 80.3 Å². The van der Waals surface area contributed by atoms with Gasteiger partial charge in [-0.3, -0.25) is 14.6 Å². The van der Waals surface area contributed by atoms with Crippen LogP contribution in [0.3, 0.4) is 0 Å². The molecule has 0 fully saturated rings. The SMILES string of the molecule is CCOCc1ccc(CNC(=O)C(=O)Nc2ccc3ncccc3c2)cc1. The number of carbonyl (C=O) groups excluding carboxylic acids is 2. The average molecular weight is 363 g/mol. The van der Waals surface area contributed by atoms with E-state index in [0.29, 0.717) is 18.9 Å². The lowest BCUT2D eigenvalue weighted by molar-refractivity contribution is -0.136. The largest absolute Gasteiger partial charge is 0.377 e. The summed E-state index contributed by atoms with van der Waals surface area (Å²) in [4.78, 5) is 28.3. The minimum atomic E-state index is -0.703. The molecule has 3 aromatic rings. The lowest BCUT2D eigenvalue weighted by Crippen LogP contribution is -2.34. The number of anilines is 1. The molecule has 0 radical (unpaired) electrons. The molecular formula is C21H21N3O3. The van der Waals surface area contributed by atoms with Gasteiger partial charge in [-0.25, -0.2) is 0 Å². The molecule has 0 bridgehead atoms. The highest BCUT2D eigenvalue weighted by Gasteiger charge is 2.13. The number of benzene rings is 2. The van der Waals surface area contributed by atoms with E-state index in [-0.39, 0.29) is 6.54 Å². The second-order valence-corrected chi connectivity index (χ2v) is 6.00. The van der Waals surface area contributed by atoms with Crippen LogP contribution >= 0.6 is 0 Å². The summed E-state index contributed by atoms with van der Waals surface area (Å²) in [5, 5.41) is 6.12. The van der Waals surface area contributed by atoms with E-state index < -0.39 is 11.8 Å². The smallest absolute Gasteiger partial charge is 0.313 e. The number of hydrogen-bond donors (Lipinski definition) is 2. The molecule has 2 aromatic carbocycles. The number of rotatable bonds is 6. The third-order valence-corrected chi connectivity index (χ3v) is 4.02. The van der Waals surface area contributed by atoms with Gasteiger partial charge < -0.3 is 15.4 Å². The van der Waals surface area contributed by atoms with Crippen molar-refractivity contribution in [2.75, 3.05) is 11.9 Å². The van der Waals surface area contributed by atoms with Crippen molar-refractivity contribution < 1.29 is 14.3 Å². The summed E-state index contributed by atoms with van der Waals surface area (Å²) in [5.74, 6) is -1.38. The first-order valence-electron chi connectivity index (χ1n) is 8.75.